The normalized spacial score (nSPS) is 18.4. The van der Waals surface area contributed by atoms with Crippen LogP contribution in [0.4, 0.5) is 5.69 Å². The Hall–Kier alpha value is -2.83. The lowest BCUT2D eigenvalue weighted by molar-refractivity contribution is -0.117. The predicted octanol–water partition coefficient (Wildman–Crippen LogP) is 2.11. The molecule has 1 saturated heterocycles. The number of anilines is 1. The summed E-state index contributed by atoms with van der Waals surface area (Å²) in [6.45, 7) is 8.56. The van der Waals surface area contributed by atoms with Crippen molar-refractivity contribution in [2.24, 2.45) is 10.9 Å². The Morgan fingerprint density at radius 2 is 2.07 bits per heavy atom. The number of hydrogen-bond acceptors (Lipinski definition) is 3. The molecular formula is C21H30N6O. The maximum Gasteiger partial charge on any atom is 0.229 e. The number of aliphatic imine (C=N–C) groups is 1. The van der Waals surface area contributed by atoms with Crippen LogP contribution >= 0.6 is 0 Å². The lowest BCUT2D eigenvalue weighted by Crippen LogP contribution is -2.46. The number of aromatic nitrogens is 2. The summed E-state index contributed by atoms with van der Waals surface area (Å²) in [5.41, 5.74) is 3.17. The number of rotatable bonds is 6. The van der Waals surface area contributed by atoms with Gasteiger partial charge in [-0.25, -0.2) is 0 Å². The molecule has 1 aliphatic rings. The molecule has 7 heteroatoms. The quantitative estimate of drug-likeness (QED) is 0.593. The molecule has 0 bridgehead atoms. The van der Waals surface area contributed by atoms with Gasteiger partial charge in [0.25, 0.3) is 0 Å². The second kappa shape index (κ2) is 8.91. The first-order valence-electron chi connectivity index (χ1n) is 9.80. The molecule has 2 atom stereocenters. The summed E-state index contributed by atoms with van der Waals surface area (Å²) in [6.07, 6.45) is 0.469. The Kier molecular flexibility index (Phi) is 6.34. The zero-order chi connectivity index (χ0) is 20.1. The smallest absolute Gasteiger partial charge is 0.229 e. The van der Waals surface area contributed by atoms with Crippen LogP contribution in [-0.4, -0.2) is 47.8 Å². The average molecular weight is 383 g/mol. The van der Waals surface area contributed by atoms with Gasteiger partial charge in [-0.05, 0) is 38.0 Å². The molecule has 28 heavy (non-hydrogen) atoms. The van der Waals surface area contributed by atoms with Gasteiger partial charge >= 0.3 is 0 Å². The Labute approximate surface area is 166 Å². The second-order valence-electron chi connectivity index (χ2n) is 7.55. The van der Waals surface area contributed by atoms with Gasteiger partial charge in [0, 0.05) is 44.5 Å². The Balaban J connectivity index is 1.49. The van der Waals surface area contributed by atoms with E-state index in [4.69, 9.17) is 0 Å². The van der Waals surface area contributed by atoms with E-state index >= 15 is 0 Å². The van der Waals surface area contributed by atoms with Crippen molar-refractivity contribution in [3.8, 4) is 0 Å². The molecule has 1 aromatic carbocycles. The lowest BCUT2D eigenvalue weighted by Gasteiger charge is -2.20. The number of carbonyl (C=O) groups excluding carboxylic acids is 1. The number of amides is 1. The number of carbonyl (C=O) groups is 1. The molecule has 1 fully saturated rings. The maximum atomic E-state index is 12.4. The molecule has 2 heterocycles. The number of benzene rings is 1. The maximum absolute atomic E-state index is 12.4. The van der Waals surface area contributed by atoms with Crippen molar-refractivity contribution in [3.05, 3.63) is 47.8 Å². The van der Waals surface area contributed by atoms with Crippen molar-refractivity contribution in [3.63, 3.8) is 0 Å². The van der Waals surface area contributed by atoms with E-state index in [1.54, 1.807) is 7.05 Å². The van der Waals surface area contributed by atoms with Crippen molar-refractivity contribution in [2.45, 2.75) is 39.8 Å². The first-order valence-corrected chi connectivity index (χ1v) is 9.80. The van der Waals surface area contributed by atoms with Gasteiger partial charge in [-0.2, -0.15) is 5.10 Å². The first-order chi connectivity index (χ1) is 13.5. The topological polar surface area (TPSA) is 74.5 Å². The molecule has 0 aliphatic carbocycles. The summed E-state index contributed by atoms with van der Waals surface area (Å²) >= 11 is 0. The number of nitrogens with zero attached hydrogens (tertiary/aromatic N) is 4. The summed E-state index contributed by atoms with van der Waals surface area (Å²) in [5, 5.41) is 11.3. The Morgan fingerprint density at radius 1 is 1.32 bits per heavy atom. The van der Waals surface area contributed by atoms with Crippen molar-refractivity contribution in [1.82, 2.24) is 20.4 Å². The van der Waals surface area contributed by atoms with Gasteiger partial charge in [-0.15, -0.1) is 0 Å². The van der Waals surface area contributed by atoms with E-state index in [2.05, 4.69) is 40.6 Å². The number of hydrogen-bond donors (Lipinski definition) is 2. The minimum absolute atomic E-state index is 0.0465. The highest BCUT2D eigenvalue weighted by molar-refractivity contribution is 5.97. The molecule has 2 aromatic rings. The third-order valence-electron chi connectivity index (χ3n) is 4.96. The molecule has 150 valence electrons. The van der Waals surface area contributed by atoms with Crippen LogP contribution in [0, 0.1) is 19.8 Å². The molecule has 2 N–H and O–H groups in total. The van der Waals surface area contributed by atoms with Crippen molar-refractivity contribution < 1.29 is 4.79 Å². The monoisotopic (exact) mass is 382 g/mol. The molecule has 7 nitrogen and oxygen atoms in total. The van der Waals surface area contributed by atoms with Crippen LogP contribution in [0.25, 0.3) is 0 Å². The molecule has 1 aromatic heterocycles. The van der Waals surface area contributed by atoms with Crippen LogP contribution < -0.4 is 15.5 Å². The number of nitrogens with one attached hydrogen (secondary N) is 2. The zero-order valence-corrected chi connectivity index (χ0v) is 17.1. The van der Waals surface area contributed by atoms with Crippen molar-refractivity contribution >= 4 is 17.6 Å². The van der Waals surface area contributed by atoms with E-state index in [1.165, 1.54) is 5.69 Å². The zero-order valence-electron chi connectivity index (χ0n) is 17.1. The fourth-order valence-electron chi connectivity index (χ4n) is 3.54. The fourth-order valence-corrected chi connectivity index (χ4v) is 3.54. The number of para-hydroxylation sites is 1. The number of guanidine groups is 1. The van der Waals surface area contributed by atoms with E-state index < -0.39 is 0 Å². The van der Waals surface area contributed by atoms with Gasteiger partial charge in [0.1, 0.15) is 0 Å². The van der Waals surface area contributed by atoms with Crippen molar-refractivity contribution in [2.75, 3.05) is 25.0 Å². The molecule has 0 spiro atoms. The fraction of sp³-hybridized carbons (Fsp3) is 0.476. The van der Waals surface area contributed by atoms with Crippen LogP contribution in [0.3, 0.4) is 0 Å². The summed E-state index contributed by atoms with van der Waals surface area (Å²) in [5.74, 6) is 1.26. The van der Waals surface area contributed by atoms with Gasteiger partial charge in [-0.3, -0.25) is 14.5 Å². The molecule has 0 saturated carbocycles. The van der Waals surface area contributed by atoms with Crippen molar-refractivity contribution in [1.29, 1.82) is 0 Å². The minimum atomic E-state index is 0.0465. The largest absolute Gasteiger partial charge is 0.356 e. The highest BCUT2D eigenvalue weighted by Gasteiger charge is 2.31. The SMILES string of the molecule is CN=C(NCC(C)Cn1nc(C)cc1C)NC1CC(=O)N(c2ccccc2)C1. The predicted molar refractivity (Wildman–Crippen MR) is 113 cm³/mol. The highest BCUT2D eigenvalue weighted by Crippen LogP contribution is 2.20. The number of aryl methyl sites for hydroxylation is 2. The second-order valence-corrected chi connectivity index (χ2v) is 7.55. The molecule has 0 radical (unpaired) electrons. The highest BCUT2D eigenvalue weighted by atomic mass is 16.2. The molecule has 1 aliphatic heterocycles. The molecular weight excluding hydrogens is 352 g/mol. The van der Waals surface area contributed by atoms with Crippen LogP contribution in [0.2, 0.25) is 0 Å². The van der Waals surface area contributed by atoms with E-state index in [0.29, 0.717) is 18.9 Å². The standard InChI is InChI=1S/C21H30N6O/c1-15(13-27-17(3)10-16(2)25-27)12-23-21(22-4)24-18-11-20(28)26(14-18)19-8-6-5-7-9-19/h5-10,15,18H,11-14H2,1-4H3,(H2,22,23,24). The van der Waals surface area contributed by atoms with Crippen LogP contribution in [0.15, 0.2) is 41.4 Å². The lowest BCUT2D eigenvalue weighted by atomic mass is 10.2. The van der Waals surface area contributed by atoms with E-state index in [0.717, 1.165) is 30.4 Å². The third-order valence-corrected chi connectivity index (χ3v) is 4.96. The van der Waals surface area contributed by atoms with Crippen LogP contribution in [0.5, 0.6) is 0 Å². The van der Waals surface area contributed by atoms with Crippen LogP contribution in [-0.2, 0) is 11.3 Å². The molecule has 2 unspecified atom stereocenters. The Morgan fingerprint density at radius 3 is 2.71 bits per heavy atom. The summed E-state index contributed by atoms with van der Waals surface area (Å²) in [4.78, 5) is 18.5. The summed E-state index contributed by atoms with van der Waals surface area (Å²) in [7, 11) is 1.76. The average Bonchev–Trinajstić information content (AvgIpc) is 3.20. The van der Waals surface area contributed by atoms with Gasteiger partial charge in [0.15, 0.2) is 5.96 Å². The van der Waals surface area contributed by atoms with E-state index in [9.17, 15) is 4.79 Å². The van der Waals surface area contributed by atoms with Gasteiger partial charge in [-0.1, -0.05) is 25.1 Å². The molecule has 3 rings (SSSR count). The van der Waals surface area contributed by atoms with E-state index in [-0.39, 0.29) is 11.9 Å². The van der Waals surface area contributed by atoms with Gasteiger partial charge in [0.2, 0.25) is 5.91 Å². The van der Waals surface area contributed by atoms with Gasteiger partial charge < -0.3 is 15.5 Å². The Bertz CT molecular complexity index is 829. The van der Waals surface area contributed by atoms with Gasteiger partial charge in [0.05, 0.1) is 11.7 Å². The summed E-state index contributed by atoms with van der Waals surface area (Å²) in [6, 6.07) is 11.9. The third kappa shape index (κ3) is 4.91. The van der Waals surface area contributed by atoms with Crippen LogP contribution in [0.1, 0.15) is 24.7 Å². The summed E-state index contributed by atoms with van der Waals surface area (Å²) < 4.78 is 2.05. The van der Waals surface area contributed by atoms with E-state index in [1.807, 2.05) is 46.8 Å². The first kappa shape index (κ1) is 19.9. The minimum Gasteiger partial charge on any atom is -0.356 e. The molecule has 1 amide bonds.